The molecule has 2 aromatic rings. The Kier molecular flexibility index (Phi) is 5.68. The molecule has 1 aliphatic heterocycles. The highest BCUT2D eigenvalue weighted by Crippen LogP contribution is 2.42. The van der Waals surface area contributed by atoms with Gasteiger partial charge in [-0.15, -0.1) is 0 Å². The lowest BCUT2D eigenvalue weighted by molar-refractivity contribution is -0.167. The van der Waals surface area contributed by atoms with Gasteiger partial charge in [-0.25, -0.2) is 4.39 Å². The van der Waals surface area contributed by atoms with E-state index in [1.54, 1.807) is 45.9 Å². The minimum atomic E-state index is -1.28. The summed E-state index contributed by atoms with van der Waals surface area (Å²) < 4.78 is 24.4. The lowest BCUT2D eigenvalue weighted by atomic mass is 9.82. The zero-order valence-electron chi connectivity index (χ0n) is 16.5. The molecule has 150 valence electrons. The van der Waals surface area contributed by atoms with E-state index in [9.17, 15) is 14.0 Å². The zero-order chi connectivity index (χ0) is 21.3. The molecule has 0 bridgehead atoms. The Labute approximate surface area is 174 Å². The summed E-state index contributed by atoms with van der Waals surface area (Å²) in [6, 6.07) is 9.06. The van der Waals surface area contributed by atoms with Gasteiger partial charge in [0.25, 0.3) is 0 Å². The van der Waals surface area contributed by atoms with Crippen LogP contribution >= 0.6 is 11.6 Å². The molecule has 0 radical (unpaired) electrons. The molecule has 29 heavy (non-hydrogen) atoms. The average molecular weight is 415 g/mol. The van der Waals surface area contributed by atoms with Crippen molar-refractivity contribution in [3.8, 4) is 17.6 Å². The largest absolute Gasteiger partial charge is 0.459 e. The van der Waals surface area contributed by atoms with Crippen molar-refractivity contribution in [3.63, 3.8) is 0 Å². The molecule has 0 amide bonds. The van der Waals surface area contributed by atoms with Gasteiger partial charge in [0, 0.05) is 16.1 Å². The van der Waals surface area contributed by atoms with E-state index >= 15 is 0 Å². The normalized spacial score (nSPS) is 18.2. The number of carbonyl (C=O) groups is 2. The summed E-state index contributed by atoms with van der Waals surface area (Å²) in [5.41, 5.74) is 0.810. The lowest BCUT2D eigenvalue weighted by Gasteiger charge is -2.30. The minimum absolute atomic E-state index is 0.331. The predicted octanol–water partition coefficient (Wildman–Crippen LogP) is 4.80. The number of aryl methyl sites for hydroxylation is 1. The smallest absolute Gasteiger partial charge is 0.327 e. The summed E-state index contributed by atoms with van der Waals surface area (Å²) in [5.74, 6) is 2.11. The van der Waals surface area contributed by atoms with Crippen molar-refractivity contribution in [1.29, 1.82) is 0 Å². The van der Waals surface area contributed by atoms with Gasteiger partial charge in [-0.05, 0) is 63.6 Å². The molecular formula is C23H20ClFO4. The van der Waals surface area contributed by atoms with E-state index in [4.69, 9.17) is 21.1 Å². The van der Waals surface area contributed by atoms with Crippen molar-refractivity contribution < 1.29 is 23.5 Å². The molecule has 0 saturated heterocycles. The van der Waals surface area contributed by atoms with Crippen LogP contribution in [0.2, 0.25) is 5.02 Å². The van der Waals surface area contributed by atoms with Crippen molar-refractivity contribution in [2.45, 2.75) is 39.2 Å². The van der Waals surface area contributed by atoms with E-state index in [1.165, 1.54) is 18.2 Å². The fraction of sp³-hybridized carbons (Fsp3) is 0.304. The van der Waals surface area contributed by atoms with Crippen LogP contribution in [0.1, 0.15) is 43.4 Å². The van der Waals surface area contributed by atoms with Crippen molar-refractivity contribution in [2.75, 3.05) is 0 Å². The van der Waals surface area contributed by atoms with Gasteiger partial charge in [0.1, 0.15) is 17.2 Å². The first-order chi connectivity index (χ1) is 13.5. The standard InChI is InChI=1S/C23H20ClFO4/c1-13-10-15(24)12-18-17(9-8-14-6-5-7-16(25)11-14)19(21(26)28-20(13)18)22(27)29-23(2,3)4/h5-7,10-12,17,19H,1-4H3/t17-,19+/m1/s1. The second-order valence-corrected chi connectivity index (χ2v) is 8.27. The molecule has 0 spiro atoms. The monoisotopic (exact) mass is 414 g/mol. The maximum atomic E-state index is 13.5. The number of carbonyl (C=O) groups excluding carboxylic acids is 2. The first-order valence-corrected chi connectivity index (χ1v) is 9.44. The third-order valence-electron chi connectivity index (χ3n) is 4.25. The molecule has 0 N–H and O–H groups in total. The third kappa shape index (κ3) is 4.78. The summed E-state index contributed by atoms with van der Waals surface area (Å²) >= 11 is 6.20. The number of hydrogen-bond acceptors (Lipinski definition) is 4. The van der Waals surface area contributed by atoms with Crippen LogP contribution in [0.4, 0.5) is 4.39 Å². The van der Waals surface area contributed by atoms with Crippen molar-refractivity contribution in [2.24, 2.45) is 5.92 Å². The zero-order valence-corrected chi connectivity index (χ0v) is 17.3. The Hall–Kier alpha value is -2.84. The summed E-state index contributed by atoms with van der Waals surface area (Å²) in [4.78, 5) is 25.5. The van der Waals surface area contributed by atoms with E-state index in [1.807, 2.05) is 0 Å². The van der Waals surface area contributed by atoms with Crippen molar-refractivity contribution >= 4 is 23.5 Å². The molecule has 0 unspecified atom stereocenters. The first-order valence-electron chi connectivity index (χ1n) is 9.07. The van der Waals surface area contributed by atoms with Gasteiger partial charge in [-0.2, -0.15) is 0 Å². The van der Waals surface area contributed by atoms with Crippen LogP contribution in [0.25, 0.3) is 0 Å². The number of esters is 2. The molecule has 1 aliphatic rings. The predicted molar refractivity (Wildman–Crippen MR) is 107 cm³/mol. The summed E-state index contributed by atoms with van der Waals surface area (Å²) in [6.07, 6.45) is 0. The number of rotatable bonds is 1. The fourth-order valence-electron chi connectivity index (χ4n) is 3.09. The molecule has 2 atom stereocenters. The second-order valence-electron chi connectivity index (χ2n) is 7.83. The van der Waals surface area contributed by atoms with E-state index < -0.39 is 35.2 Å². The van der Waals surface area contributed by atoms with Crippen LogP contribution < -0.4 is 4.74 Å². The average Bonchev–Trinajstić information content (AvgIpc) is 2.58. The molecule has 4 nitrogen and oxygen atoms in total. The molecule has 3 rings (SSSR count). The lowest BCUT2D eigenvalue weighted by Crippen LogP contribution is -2.40. The molecule has 0 saturated carbocycles. The molecule has 6 heteroatoms. The summed E-state index contributed by atoms with van der Waals surface area (Å²) in [5, 5.41) is 0.430. The van der Waals surface area contributed by atoms with Crippen LogP contribution in [0.5, 0.6) is 5.75 Å². The van der Waals surface area contributed by atoms with Gasteiger partial charge in [-0.1, -0.05) is 29.5 Å². The Balaban J connectivity index is 2.12. The van der Waals surface area contributed by atoms with Gasteiger partial charge in [0.05, 0.1) is 5.92 Å². The fourth-order valence-corrected chi connectivity index (χ4v) is 3.37. The summed E-state index contributed by atoms with van der Waals surface area (Å²) in [7, 11) is 0. The van der Waals surface area contributed by atoms with Gasteiger partial charge in [-0.3, -0.25) is 9.59 Å². The van der Waals surface area contributed by atoms with Crippen molar-refractivity contribution in [3.05, 3.63) is 63.9 Å². The number of fused-ring (bicyclic) bond motifs is 1. The second kappa shape index (κ2) is 7.88. The Morgan fingerprint density at radius 1 is 1.24 bits per heavy atom. The molecular weight excluding hydrogens is 395 g/mol. The van der Waals surface area contributed by atoms with Gasteiger partial charge in [0.15, 0.2) is 5.92 Å². The maximum absolute atomic E-state index is 13.5. The maximum Gasteiger partial charge on any atom is 0.327 e. The highest BCUT2D eigenvalue weighted by molar-refractivity contribution is 6.30. The van der Waals surface area contributed by atoms with Gasteiger partial charge in [0.2, 0.25) is 0 Å². The quantitative estimate of drug-likeness (QED) is 0.291. The Morgan fingerprint density at radius 2 is 1.97 bits per heavy atom. The number of benzene rings is 2. The highest BCUT2D eigenvalue weighted by Gasteiger charge is 2.45. The molecule has 0 aromatic heterocycles. The SMILES string of the molecule is Cc1cc(Cl)cc2c1OC(=O)[C@@H](C(=O)OC(C)(C)C)[C@@H]2C#Cc1cccc(F)c1. The molecule has 0 aliphatic carbocycles. The number of hydrogen-bond donors (Lipinski definition) is 0. The van der Waals surface area contributed by atoms with E-state index in [0.29, 0.717) is 27.5 Å². The Morgan fingerprint density at radius 3 is 2.62 bits per heavy atom. The topological polar surface area (TPSA) is 52.6 Å². The van der Waals surface area contributed by atoms with Gasteiger partial charge >= 0.3 is 11.9 Å². The summed E-state index contributed by atoms with van der Waals surface area (Å²) in [6.45, 7) is 6.88. The number of halogens is 2. The minimum Gasteiger partial charge on any atom is -0.459 e. The molecule has 1 heterocycles. The van der Waals surface area contributed by atoms with Crippen LogP contribution in [-0.2, 0) is 14.3 Å². The van der Waals surface area contributed by atoms with E-state index in [-0.39, 0.29) is 0 Å². The third-order valence-corrected chi connectivity index (χ3v) is 4.47. The molecule has 0 fully saturated rings. The van der Waals surface area contributed by atoms with Crippen LogP contribution in [0, 0.1) is 30.5 Å². The van der Waals surface area contributed by atoms with Crippen LogP contribution in [0.3, 0.4) is 0 Å². The van der Waals surface area contributed by atoms with E-state index in [0.717, 1.165) is 0 Å². The van der Waals surface area contributed by atoms with Crippen LogP contribution in [0.15, 0.2) is 36.4 Å². The van der Waals surface area contributed by atoms with Gasteiger partial charge < -0.3 is 9.47 Å². The first kappa shape index (κ1) is 20.9. The van der Waals surface area contributed by atoms with Crippen molar-refractivity contribution in [1.82, 2.24) is 0 Å². The molecule has 2 aromatic carbocycles. The highest BCUT2D eigenvalue weighted by atomic mass is 35.5. The van der Waals surface area contributed by atoms with Crippen LogP contribution in [-0.4, -0.2) is 17.5 Å². The Bertz CT molecular complexity index is 1040. The van der Waals surface area contributed by atoms with E-state index in [2.05, 4.69) is 11.8 Å². The number of ether oxygens (including phenoxy) is 2.